The van der Waals surface area contributed by atoms with Gasteiger partial charge < -0.3 is 15.7 Å². The minimum atomic E-state index is -0.868. The van der Waals surface area contributed by atoms with Crippen molar-refractivity contribution in [3.8, 4) is 0 Å². The fourth-order valence-corrected chi connectivity index (χ4v) is 2.00. The predicted octanol–water partition coefficient (Wildman–Crippen LogP) is 1.66. The maximum absolute atomic E-state index is 11.2. The first-order valence-corrected chi connectivity index (χ1v) is 5.92. The van der Waals surface area contributed by atoms with E-state index in [0.717, 1.165) is 24.3 Å². The van der Waals surface area contributed by atoms with Crippen LogP contribution in [0, 0.1) is 0 Å². The Morgan fingerprint density at radius 1 is 1.35 bits per heavy atom. The van der Waals surface area contributed by atoms with Crippen LogP contribution in [0.1, 0.15) is 25.3 Å². The minimum absolute atomic E-state index is 0.119. The predicted molar refractivity (Wildman–Crippen MR) is 69.4 cm³/mol. The van der Waals surface area contributed by atoms with Gasteiger partial charge in [0.25, 0.3) is 0 Å². The second-order valence-corrected chi connectivity index (χ2v) is 3.86. The van der Waals surface area contributed by atoms with Crippen LogP contribution in [0.3, 0.4) is 0 Å². The minimum Gasteiger partial charge on any atom is -0.481 e. The molecule has 0 aliphatic rings. The number of nitrogens with two attached hydrogens (primary N) is 1. The Kier molecular flexibility index (Phi) is 4.97. The molecule has 17 heavy (non-hydrogen) atoms. The van der Waals surface area contributed by atoms with Crippen LogP contribution >= 0.6 is 0 Å². The summed E-state index contributed by atoms with van der Waals surface area (Å²) in [6.07, 6.45) is 0. The van der Waals surface area contributed by atoms with Gasteiger partial charge in [-0.1, -0.05) is 18.2 Å². The molecule has 0 aliphatic heterocycles. The van der Waals surface area contributed by atoms with Gasteiger partial charge in [-0.15, -0.1) is 0 Å². The van der Waals surface area contributed by atoms with E-state index in [4.69, 9.17) is 5.73 Å². The van der Waals surface area contributed by atoms with E-state index < -0.39 is 11.9 Å². The first-order valence-electron chi connectivity index (χ1n) is 5.92. The van der Waals surface area contributed by atoms with Crippen LogP contribution in [-0.2, 0) is 4.79 Å². The topological polar surface area (TPSA) is 66.6 Å². The van der Waals surface area contributed by atoms with Crippen molar-refractivity contribution in [3.05, 3.63) is 29.8 Å². The van der Waals surface area contributed by atoms with E-state index in [9.17, 15) is 9.90 Å². The number of hydrogen-bond acceptors (Lipinski definition) is 3. The zero-order valence-electron chi connectivity index (χ0n) is 10.4. The van der Waals surface area contributed by atoms with Crippen molar-refractivity contribution >= 4 is 11.7 Å². The highest BCUT2D eigenvalue weighted by molar-refractivity contribution is 5.79. The third-order valence-corrected chi connectivity index (χ3v) is 2.95. The second kappa shape index (κ2) is 6.25. The summed E-state index contributed by atoms with van der Waals surface area (Å²) in [6.45, 7) is 5.93. The van der Waals surface area contributed by atoms with Crippen molar-refractivity contribution in [2.75, 3.05) is 24.5 Å². The summed E-state index contributed by atoms with van der Waals surface area (Å²) in [7, 11) is 0. The van der Waals surface area contributed by atoms with Gasteiger partial charge in [0.05, 0.1) is 5.92 Å². The maximum Gasteiger partial charge on any atom is 0.312 e. The lowest BCUT2D eigenvalue weighted by Gasteiger charge is -2.26. The summed E-state index contributed by atoms with van der Waals surface area (Å²) in [5.74, 6) is -1.50. The molecule has 3 N–H and O–H groups in total. The van der Waals surface area contributed by atoms with Crippen molar-refractivity contribution in [1.29, 1.82) is 0 Å². The van der Waals surface area contributed by atoms with E-state index in [1.165, 1.54) is 0 Å². The number of carboxylic acid groups (broad SMARTS) is 1. The Morgan fingerprint density at radius 2 is 1.94 bits per heavy atom. The van der Waals surface area contributed by atoms with Crippen molar-refractivity contribution in [2.45, 2.75) is 19.8 Å². The number of rotatable bonds is 6. The molecule has 0 aliphatic carbocycles. The third-order valence-electron chi connectivity index (χ3n) is 2.95. The molecular weight excluding hydrogens is 216 g/mol. The molecule has 1 aromatic carbocycles. The highest BCUT2D eigenvalue weighted by Crippen LogP contribution is 2.27. The average Bonchev–Trinajstić information content (AvgIpc) is 2.33. The lowest BCUT2D eigenvalue weighted by Crippen LogP contribution is -2.27. The maximum atomic E-state index is 11.2. The van der Waals surface area contributed by atoms with Gasteiger partial charge in [0.15, 0.2) is 0 Å². The molecule has 0 radical (unpaired) electrons. The Morgan fingerprint density at radius 3 is 2.41 bits per heavy atom. The van der Waals surface area contributed by atoms with Crippen LogP contribution in [0.25, 0.3) is 0 Å². The average molecular weight is 236 g/mol. The highest BCUT2D eigenvalue weighted by Gasteiger charge is 2.22. The van der Waals surface area contributed by atoms with Gasteiger partial charge in [0, 0.05) is 25.3 Å². The largest absolute Gasteiger partial charge is 0.481 e. The monoisotopic (exact) mass is 236 g/mol. The van der Waals surface area contributed by atoms with E-state index in [-0.39, 0.29) is 6.54 Å². The normalized spacial score (nSPS) is 12.2. The van der Waals surface area contributed by atoms with Gasteiger partial charge in [-0.05, 0) is 25.5 Å². The molecule has 1 aromatic rings. The molecule has 0 heterocycles. The number of carbonyl (C=O) groups is 1. The fourth-order valence-electron chi connectivity index (χ4n) is 2.00. The summed E-state index contributed by atoms with van der Waals surface area (Å²) in [5, 5.41) is 9.18. The van der Waals surface area contributed by atoms with Gasteiger partial charge >= 0.3 is 5.97 Å². The standard InChI is InChI=1S/C13H20N2O2/c1-3-15(4-2)12-8-6-5-7-10(12)11(9-14)13(16)17/h5-8,11H,3-4,9,14H2,1-2H3,(H,16,17). The fraction of sp³-hybridized carbons (Fsp3) is 0.462. The van der Waals surface area contributed by atoms with Crippen molar-refractivity contribution in [3.63, 3.8) is 0 Å². The molecule has 0 fully saturated rings. The Bertz CT molecular complexity index is 375. The summed E-state index contributed by atoms with van der Waals surface area (Å²) in [4.78, 5) is 13.3. The number of anilines is 1. The zero-order valence-corrected chi connectivity index (χ0v) is 10.4. The Balaban J connectivity index is 3.18. The quantitative estimate of drug-likeness (QED) is 0.788. The first kappa shape index (κ1) is 13.5. The molecule has 0 aromatic heterocycles. The van der Waals surface area contributed by atoms with E-state index in [1.807, 2.05) is 24.3 Å². The van der Waals surface area contributed by atoms with Gasteiger partial charge in [0.2, 0.25) is 0 Å². The molecule has 4 nitrogen and oxygen atoms in total. The third kappa shape index (κ3) is 2.97. The molecule has 1 unspecified atom stereocenters. The molecular formula is C13H20N2O2. The molecule has 1 atom stereocenters. The Labute approximate surface area is 102 Å². The SMILES string of the molecule is CCN(CC)c1ccccc1C(CN)C(=O)O. The van der Waals surface area contributed by atoms with Crippen LogP contribution in [0.15, 0.2) is 24.3 Å². The number of hydrogen-bond donors (Lipinski definition) is 2. The van der Waals surface area contributed by atoms with Crippen LogP contribution in [0.5, 0.6) is 0 Å². The van der Waals surface area contributed by atoms with E-state index >= 15 is 0 Å². The first-order chi connectivity index (χ1) is 8.15. The van der Waals surface area contributed by atoms with Gasteiger partial charge in [-0.3, -0.25) is 4.79 Å². The van der Waals surface area contributed by atoms with Gasteiger partial charge in [-0.2, -0.15) is 0 Å². The van der Waals surface area contributed by atoms with E-state index in [1.54, 1.807) is 0 Å². The van der Waals surface area contributed by atoms with Crippen molar-refractivity contribution in [1.82, 2.24) is 0 Å². The molecule has 0 spiro atoms. The van der Waals surface area contributed by atoms with Gasteiger partial charge in [-0.25, -0.2) is 0 Å². The number of nitrogens with zero attached hydrogens (tertiary/aromatic N) is 1. The molecule has 0 bridgehead atoms. The van der Waals surface area contributed by atoms with Crippen LogP contribution in [0.4, 0.5) is 5.69 Å². The molecule has 0 saturated heterocycles. The van der Waals surface area contributed by atoms with Gasteiger partial charge in [0.1, 0.15) is 0 Å². The second-order valence-electron chi connectivity index (χ2n) is 3.86. The summed E-state index contributed by atoms with van der Waals surface area (Å²) in [6, 6.07) is 7.58. The Hall–Kier alpha value is -1.55. The zero-order chi connectivity index (χ0) is 12.8. The van der Waals surface area contributed by atoms with E-state index in [0.29, 0.717) is 0 Å². The lowest BCUT2D eigenvalue weighted by atomic mass is 9.97. The smallest absolute Gasteiger partial charge is 0.312 e. The lowest BCUT2D eigenvalue weighted by molar-refractivity contribution is -0.138. The number of para-hydroxylation sites is 1. The molecule has 94 valence electrons. The molecule has 0 saturated carbocycles. The van der Waals surface area contributed by atoms with Crippen LogP contribution < -0.4 is 10.6 Å². The summed E-state index contributed by atoms with van der Waals surface area (Å²) in [5.41, 5.74) is 7.32. The molecule has 1 rings (SSSR count). The number of carboxylic acids is 1. The van der Waals surface area contributed by atoms with Crippen LogP contribution in [0.2, 0.25) is 0 Å². The van der Waals surface area contributed by atoms with E-state index in [2.05, 4.69) is 18.7 Å². The summed E-state index contributed by atoms with van der Waals surface area (Å²) >= 11 is 0. The molecule has 4 heteroatoms. The molecule has 0 amide bonds. The number of aliphatic carboxylic acids is 1. The van der Waals surface area contributed by atoms with Crippen LogP contribution in [-0.4, -0.2) is 30.7 Å². The van der Waals surface area contributed by atoms with Crippen molar-refractivity contribution < 1.29 is 9.90 Å². The number of benzene rings is 1. The summed E-state index contributed by atoms with van der Waals surface area (Å²) < 4.78 is 0. The van der Waals surface area contributed by atoms with Crippen molar-refractivity contribution in [2.24, 2.45) is 5.73 Å². The highest BCUT2D eigenvalue weighted by atomic mass is 16.4.